The van der Waals surface area contributed by atoms with Crippen molar-refractivity contribution >= 4 is 17.7 Å². The summed E-state index contributed by atoms with van der Waals surface area (Å²) in [5, 5.41) is 22.6. The average Bonchev–Trinajstić information content (AvgIpc) is 3.86. The Bertz CT molecular complexity index is 1070. The molecule has 9 nitrogen and oxygen atoms in total. The van der Waals surface area contributed by atoms with Gasteiger partial charge in [-0.2, -0.15) is 0 Å². The molecule has 0 bridgehead atoms. The number of carbonyl (C=O) groups excluding carboxylic acids is 3. The number of aliphatic hydroxyl groups is 2. The minimum absolute atomic E-state index is 0.00237. The van der Waals surface area contributed by atoms with Crippen LogP contribution in [0.1, 0.15) is 103 Å². The third-order valence-electron chi connectivity index (χ3n) is 9.91. The van der Waals surface area contributed by atoms with Crippen LogP contribution in [0.5, 0.6) is 0 Å². The Kier molecular flexibility index (Phi) is 15.5. The maximum Gasteiger partial charge on any atom is 0.242 e. The molecule has 3 amide bonds. The van der Waals surface area contributed by atoms with Gasteiger partial charge < -0.3 is 29.8 Å². The third-order valence-corrected chi connectivity index (χ3v) is 9.91. The van der Waals surface area contributed by atoms with E-state index in [-0.39, 0.29) is 49.1 Å². The van der Waals surface area contributed by atoms with Crippen LogP contribution in [-0.4, -0.2) is 113 Å². The SMILES string of the molecule is CC(C)C[C@H](O)[C@H](O)[C@H](CC1CCCCC1)N(CC1CC1)C(=O)CCC(=O)N(CC(=O)N(C)CCN(C)C)[C@@H](C)c1ccccc1. The first-order valence-electron chi connectivity index (χ1n) is 17.8. The van der Waals surface area contributed by atoms with E-state index in [1.54, 1.807) is 16.8 Å². The molecule has 0 saturated heterocycles. The highest BCUT2D eigenvalue weighted by atomic mass is 16.3. The van der Waals surface area contributed by atoms with Gasteiger partial charge in [0.25, 0.3) is 0 Å². The van der Waals surface area contributed by atoms with E-state index in [1.165, 1.54) is 6.42 Å². The number of hydrogen-bond donors (Lipinski definition) is 2. The molecule has 3 rings (SSSR count). The van der Waals surface area contributed by atoms with E-state index < -0.39 is 18.2 Å². The van der Waals surface area contributed by atoms with Crippen molar-refractivity contribution in [1.29, 1.82) is 0 Å². The summed E-state index contributed by atoms with van der Waals surface area (Å²) in [7, 11) is 5.67. The van der Waals surface area contributed by atoms with Crippen molar-refractivity contribution in [3.05, 3.63) is 35.9 Å². The fraction of sp³-hybridized carbons (Fsp3) is 0.757. The first kappa shape index (κ1) is 38.0. The molecule has 2 saturated carbocycles. The van der Waals surface area contributed by atoms with E-state index >= 15 is 0 Å². The van der Waals surface area contributed by atoms with E-state index in [0.29, 0.717) is 37.8 Å². The molecule has 1 aromatic rings. The summed E-state index contributed by atoms with van der Waals surface area (Å²) in [4.78, 5) is 48.3. The first-order valence-corrected chi connectivity index (χ1v) is 17.8. The van der Waals surface area contributed by atoms with Crippen LogP contribution in [0, 0.1) is 17.8 Å². The van der Waals surface area contributed by atoms with Crippen LogP contribution >= 0.6 is 0 Å². The molecule has 0 radical (unpaired) electrons. The van der Waals surface area contributed by atoms with Crippen molar-refractivity contribution in [3.63, 3.8) is 0 Å². The summed E-state index contributed by atoms with van der Waals surface area (Å²) in [5.74, 6) is 0.483. The highest BCUT2D eigenvalue weighted by molar-refractivity contribution is 5.88. The van der Waals surface area contributed by atoms with Gasteiger partial charge in [-0.3, -0.25) is 14.4 Å². The van der Waals surface area contributed by atoms with E-state index in [1.807, 2.05) is 75.0 Å². The number of likely N-dealkylation sites (N-methyl/N-ethyl adjacent to an activating group) is 2. The van der Waals surface area contributed by atoms with Gasteiger partial charge in [0.1, 0.15) is 12.6 Å². The fourth-order valence-corrected chi connectivity index (χ4v) is 6.69. The molecule has 0 unspecified atom stereocenters. The van der Waals surface area contributed by atoms with Gasteiger partial charge in [-0.15, -0.1) is 0 Å². The topological polar surface area (TPSA) is 105 Å². The standard InChI is InChI=1S/C37H62N4O5/c1-27(2)23-33(42)37(46)32(24-29-13-9-7-10-14-29)41(25-30-17-18-30)35(44)20-19-34(43)40(28(3)31-15-11-8-12-16-31)26-36(45)39(6)22-21-38(4)5/h8,11-12,15-16,27-30,32-33,37,42,46H,7,9-10,13-14,17-26H2,1-6H3/t28-,32-,33-,37+/m0/s1. The van der Waals surface area contributed by atoms with Gasteiger partial charge in [-0.05, 0) is 70.0 Å². The van der Waals surface area contributed by atoms with Crippen molar-refractivity contribution in [2.45, 2.75) is 116 Å². The maximum absolute atomic E-state index is 14.1. The maximum atomic E-state index is 14.1. The summed E-state index contributed by atoms with van der Waals surface area (Å²) in [6.45, 7) is 7.73. The van der Waals surface area contributed by atoms with Crippen LogP contribution in [0.2, 0.25) is 0 Å². The highest BCUT2D eigenvalue weighted by Crippen LogP contribution is 2.35. The summed E-state index contributed by atoms with van der Waals surface area (Å²) in [6, 6.07) is 8.84. The summed E-state index contributed by atoms with van der Waals surface area (Å²) in [5.41, 5.74) is 0.927. The lowest BCUT2D eigenvalue weighted by Crippen LogP contribution is -2.53. The lowest BCUT2D eigenvalue weighted by Gasteiger charge is -2.40. The van der Waals surface area contributed by atoms with Crippen LogP contribution in [0.25, 0.3) is 0 Å². The quantitative estimate of drug-likeness (QED) is 0.226. The normalized spacial score (nSPS) is 18.2. The lowest BCUT2D eigenvalue weighted by molar-refractivity contribution is -0.145. The van der Waals surface area contributed by atoms with Crippen LogP contribution in [0.4, 0.5) is 0 Å². The summed E-state index contributed by atoms with van der Waals surface area (Å²) < 4.78 is 0. The van der Waals surface area contributed by atoms with Gasteiger partial charge in [0.05, 0.1) is 18.2 Å². The molecular formula is C37H62N4O5. The summed E-state index contributed by atoms with van der Waals surface area (Å²) >= 11 is 0. The predicted octanol–water partition coefficient (Wildman–Crippen LogP) is 4.72. The van der Waals surface area contributed by atoms with Crippen LogP contribution in [0.15, 0.2) is 30.3 Å². The van der Waals surface area contributed by atoms with Crippen LogP contribution in [-0.2, 0) is 14.4 Å². The molecule has 2 aliphatic rings. The zero-order chi connectivity index (χ0) is 33.8. The van der Waals surface area contributed by atoms with Crippen molar-refractivity contribution in [1.82, 2.24) is 19.6 Å². The number of amides is 3. The Hall–Kier alpha value is -2.49. The van der Waals surface area contributed by atoms with Gasteiger partial charge in [0.15, 0.2) is 0 Å². The van der Waals surface area contributed by atoms with E-state index in [2.05, 4.69) is 0 Å². The second-order valence-corrected chi connectivity index (χ2v) is 14.7. The number of hydrogen-bond acceptors (Lipinski definition) is 6. The summed E-state index contributed by atoms with van der Waals surface area (Å²) in [6.07, 6.45) is 6.97. The monoisotopic (exact) mass is 642 g/mol. The van der Waals surface area contributed by atoms with E-state index in [0.717, 1.165) is 50.6 Å². The largest absolute Gasteiger partial charge is 0.390 e. The number of rotatable bonds is 19. The van der Waals surface area contributed by atoms with Crippen molar-refractivity contribution in [3.8, 4) is 0 Å². The first-order chi connectivity index (χ1) is 21.9. The lowest BCUT2D eigenvalue weighted by atomic mass is 9.81. The second kappa shape index (κ2) is 18.7. The Morgan fingerprint density at radius 3 is 1.96 bits per heavy atom. The molecular weight excluding hydrogens is 580 g/mol. The Morgan fingerprint density at radius 2 is 1.39 bits per heavy atom. The minimum Gasteiger partial charge on any atom is -0.390 e. The molecule has 0 aliphatic heterocycles. The highest BCUT2D eigenvalue weighted by Gasteiger charge is 2.39. The molecule has 2 aliphatic carbocycles. The average molecular weight is 643 g/mol. The van der Waals surface area contributed by atoms with Crippen molar-refractivity contribution < 1.29 is 24.6 Å². The smallest absolute Gasteiger partial charge is 0.242 e. The molecule has 46 heavy (non-hydrogen) atoms. The van der Waals surface area contributed by atoms with E-state index in [9.17, 15) is 24.6 Å². The van der Waals surface area contributed by atoms with Crippen molar-refractivity contribution in [2.75, 3.05) is 47.3 Å². The molecule has 0 heterocycles. The van der Waals surface area contributed by atoms with Crippen LogP contribution < -0.4 is 0 Å². The predicted molar refractivity (Wildman–Crippen MR) is 183 cm³/mol. The molecule has 2 fully saturated rings. The second-order valence-electron chi connectivity index (χ2n) is 14.7. The Morgan fingerprint density at radius 1 is 0.783 bits per heavy atom. The van der Waals surface area contributed by atoms with E-state index in [4.69, 9.17) is 0 Å². The Labute approximate surface area is 278 Å². The fourth-order valence-electron chi connectivity index (χ4n) is 6.69. The number of benzene rings is 1. The van der Waals surface area contributed by atoms with Gasteiger partial charge >= 0.3 is 0 Å². The molecule has 0 spiro atoms. The van der Waals surface area contributed by atoms with Gasteiger partial charge in [-0.1, -0.05) is 76.3 Å². The Balaban J connectivity index is 1.78. The van der Waals surface area contributed by atoms with Crippen LogP contribution in [0.3, 0.4) is 0 Å². The van der Waals surface area contributed by atoms with Gasteiger partial charge in [-0.25, -0.2) is 0 Å². The minimum atomic E-state index is -1.03. The molecule has 9 heteroatoms. The number of carbonyl (C=O) groups is 3. The zero-order valence-electron chi connectivity index (χ0n) is 29.4. The number of aliphatic hydroxyl groups excluding tert-OH is 2. The zero-order valence-corrected chi connectivity index (χ0v) is 29.4. The molecule has 260 valence electrons. The molecule has 1 aromatic carbocycles. The molecule has 0 aromatic heterocycles. The van der Waals surface area contributed by atoms with Gasteiger partial charge in [0.2, 0.25) is 17.7 Å². The molecule has 2 N–H and O–H groups in total. The van der Waals surface area contributed by atoms with Gasteiger partial charge in [0, 0.05) is 39.5 Å². The third kappa shape index (κ3) is 12.3. The van der Waals surface area contributed by atoms with Crippen molar-refractivity contribution in [2.24, 2.45) is 17.8 Å². The number of nitrogens with zero attached hydrogens (tertiary/aromatic N) is 4. The molecule has 4 atom stereocenters.